The fraction of sp³-hybridized carbons (Fsp3) is 0.263. The van der Waals surface area contributed by atoms with Gasteiger partial charge in [-0.25, -0.2) is 4.98 Å². The van der Waals surface area contributed by atoms with Gasteiger partial charge in [0.1, 0.15) is 5.01 Å². The number of rotatable bonds is 4. The molecule has 2 N–H and O–H groups in total. The van der Waals surface area contributed by atoms with Gasteiger partial charge >= 0.3 is 0 Å². The molecule has 0 spiro atoms. The molecule has 0 saturated heterocycles. The number of hydrogen-bond donors (Lipinski definition) is 2. The Labute approximate surface area is 146 Å². The van der Waals surface area contributed by atoms with Crippen LogP contribution in [0.25, 0.3) is 10.8 Å². The number of aliphatic imine (C=N–C) groups is 1. The van der Waals surface area contributed by atoms with Gasteiger partial charge in [-0.05, 0) is 30.2 Å². The summed E-state index contributed by atoms with van der Waals surface area (Å²) in [5.74, 6) is 0.781. The minimum absolute atomic E-state index is 0.153. The van der Waals surface area contributed by atoms with Crippen molar-refractivity contribution in [3.05, 3.63) is 64.1 Å². The van der Waals surface area contributed by atoms with Gasteiger partial charge < -0.3 is 10.6 Å². The third-order valence-electron chi connectivity index (χ3n) is 3.94. The lowest BCUT2D eigenvalue weighted by molar-refractivity contribution is 0.689. The van der Waals surface area contributed by atoms with Crippen molar-refractivity contribution in [3.63, 3.8) is 0 Å². The number of aryl methyl sites for hydroxylation is 1. The SMILES string of the molecule is CN=C(NCc1ncc(C)s1)NC(C)c1cccc2ccccc12. The van der Waals surface area contributed by atoms with Crippen LogP contribution in [0.5, 0.6) is 0 Å². The fourth-order valence-corrected chi connectivity index (χ4v) is 3.47. The van der Waals surface area contributed by atoms with E-state index in [1.807, 2.05) is 6.20 Å². The van der Waals surface area contributed by atoms with E-state index in [9.17, 15) is 0 Å². The van der Waals surface area contributed by atoms with Gasteiger partial charge in [-0.15, -0.1) is 11.3 Å². The first-order valence-electron chi connectivity index (χ1n) is 8.03. The largest absolute Gasteiger partial charge is 0.350 e. The van der Waals surface area contributed by atoms with Crippen LogP contribution in [0.15, 0.2) is 53.7 Å². The molecule has 0 aliphatic carbocycles. The summed E-state index contributed by atoms with van der Waals surface area (Å²) in [5, 5.41) is 10.4. The molecule has 0 bridgehead atoms. The van der Waals surface area contributed by atoms with Crippen LogP contribution in [-0.4, -0.2) is 18.0 Å². The van der Waals surface area contributed by atoms with E-state index in [-0.39, 0.29) is 6.04 Å². The maximum Gasteiger partial charge on any atom is 0.191 e. The molecule has 3 aromatic rings. The van der Waals surface area contributed by atoms with Gasteiger partial charge in [0.15, 0.2) is 5.96 Å². The Morgan fingerprint density at radius 1 is 1.21 bits per heavy atom. The zero-order valence-electron chi connectivity index (χ0n) is 14.2. The number of fused-ring (bicyclic) bond motifs is 1. The maximum absolute atomic E-state index is 4.37. The highest BCUT2D eigenvalue weighted by molar-refractivity contribution is 7.11. The third-order valence-corrected chi connectivity index (χ3v) is 4.86. The Morgan fingerprint density at radius 3 is 2.75 bits per heavy atom. The number of benzene rings is 2. The minimum atomic E-state index is 0.153. The zero-order chi connectivity index (χ0) is 16.9. The highest BCUT2D eigenvalue weighted by Gasteiger charge is 2.11. The second-order valence-corrected chi connectivity index (χ2v) is 7.04. The zero-order valence-corrected chi connectivity index (χ0v) is 15.0. The van der Waals surface area contributed by atoms with Crippen LogP contribution in [-0.2, 0) is 6.54 Å². The van der Waals surface area contributed by atoms with Crippen molar-refractivity contribution in [2.24, 2.45) is 4.99 Å². The summed E-state index contributed by atoms with van der Waals surface area (Å²) < 4.78 is 0. The van der Waals surface area contributed by atoms with Crippen LogP contribution in [0.3, 0.4) is 0 Å². The van der Waals surface area contributed by atoms with Crippen LogP contribution in [0.4, 0.5) is 0 Å². The molecule has 3 rings (SSSR count). The summed E-state index contributed by atoms with van der Waals surface area (Å²) in [6.45, 7) is 4.90. The van der Waals surface area contributed by atoms with E-state index in [4.69, 9.17) is 0 Å². The first-order valence-corrected chi connectivity index (χ1v) is 8.85. The van der Waals surface area contributed by atoms with Gasteiger partial charge in [0.05, 0.1) is 12.6 Å². The van der Waals surface area contributed by atoms with Crippen LogP contribution in [0.2, 0.25) is 0 Å². The monoisotopic (exact) mass is 338 g/mol. The smallest absolute Gasteiger partial charge is 0.191 e. The molecule has 0 radical (unpaired) electrons. The third kappa shape index (κ3) is 3.74. The van der Waals surface area contributed by atoms with Crippen LogP contribution in [0.1, 0.15) is 28.4 Å². The summed E-state index contributed by atoms with van der Waals surface area (Å²) in [6, 6.07) is 15.0. The molecule has 0 fully saturated rings. The molecule has 2 aromatic carbocycles. The number of hydrogen-bond acceptors (Lipinski definition) is 3. The number of nitrogens with one attached hydrogen (secondary N) is 2. The van der Waals surface area contributed by atoms with Crippen molar-refractivity contribution >= 4 is 28.1 Å². The van der Waals surface area contributed by atoms with Gasteiger partial charge in [0.2, 0.25) is 0 Å². The van der Waals surface area contributed by atoms with Crippen molar-refractivity contribution in [3.8, 4) is 0 Å². The fourth-order valence-electron chi connectivity index (χ4n) is 2.75. The Bertz CT molecular complexity index is 848. The molecule has 0 saturated carbocycles. The first-order chi connectivity index (χ1) is 11.7. The van der Waals surface area contributed by atoms with E-state index in [2.05, 4.69) is 76.9 Å². The lowest BCUT2D eigenvalue weighted by atomic mass is 10.00. The van der Waals surface area contributed by atoms with Gasteiger partial charge in [-0.3, -0.25) is 4.99 Å². The highest BCUT2D eigenvalue weighted by Crippen LogP contribution is 2.23. The number of guanidine groups is 1. The molecule has 4 nitrogen and oxygen atoms in total. The highest BCUT2D eigenvalue weighted by atomic mass is 32.1. The standard InChI is InChI=1S/C19H22N4S/c1-13-11-21-18(24-13)12-22-19(20-3)23-14(2)16-10-6-8-15-7-4-5-9-17(15)16/h4-11,14H,12H2,1-3H3,(H2,20,22,23). The summed E-state index contributed by atoms with van der Waals surface area (Å²) in [6.07, 6.45) is 1.90. The number of thiazole rings is 1. The molecule has 0 amide bonds. The van der Waals surface area contributed by atoms with E-state index < -0.39 is 0 Å². The molecular formula is C19H22N4S. The van der Waals surface area contributed by atoms with E-state index in [0.717, 1.165) is 11.0 Å². The van der Waals surface area contributed by atoms with Crippen LogP contribution < -0.4 is 10.6 Å². The van der Waals surface area contributed by atoms with E-state index in [1.165, 1.54) is 21.2 Å². The van der Waals surface area contributed by atoms with E-state index in [0.29, 0.717) is 6.54 Å². The van der Waals surface area contributed by atoms with Gasteiger partial charge in [0.25, 0.3) is 0 Å². The predicted molar refractivity (Wildman–Crippen MR) is 103 cm³/mol. The van der Waals surface area contributed by atoms with Gasteiger partial charge in [-0.2, -0.15) is 0 Å². The summed E-state index contributed by atoms with van der Waals surface area (Å²) in [4.78, 5) is 9.92. The second kappa shape index (κ2) is 7.45. The van der Waals surface area contributed by atoms with Crippen molar-refractivity contribution in [2.45, 2.75) is 26.4 Å². The Balaban J connectivity index is 1.71. The van der Waals surface area contributed by atoms with E-state index in [1.54, 1.807) is 18.4 Å². The average molecular weight is 338 g/mol. The van der Waals surface area contributed by atoms with Crippen LogP contribution >= 0.6 is 11.3 Å². The van der Waals surface area contributed by atoms with Gasteiger partial charge in [-0.1, -0.05) is 42.5 Å². The predicted octanol–water partition coefficient (Wildman–Crippen LogP) is 4.03. The lowest BCUT2D eigenvalue weighted by Crippen LogP contribution is -2.38. The molecule has 5 heteroatoms. The summed E-state index contributed by atoms with van der Waals surface area (Å²) in [7, 11) is 1.79. The Morgan fingerprint density at radius 2 is 2.00 bits per heavy atom. The Kier molecular flexibility index (Phi) is 5.11. The van der Waals surface area contributed by atoms with Crippen LogP contribution in [0, 0.1) is 6.92 Å². The maximum atomic E-state index is 4.37. The lowest BCUT2D eigenvalue weighted by Gasteiger charge is -2.19. The van der Waals surface area contributed by atoms with E-state index >= 15 is 0 Å². The average Bonchev–Trinajstić information content (AvgIpc) is 3.03. The van der Waals surface area contributed by atoms with Crippen molar-refractivity contribution in [2.75, 3.05) is 7.05 Å². The molecule has 1 unspecified atom stereocenters. The summed E-state index contributed by atoms with van der Waals surface area (Å²) in [5.41, 5.74) is 1.26. The summed E-state index contributed by atoms with van der Waals surface area (Å²) >= 11 is 1.70. The molecule has 0 aliphatic rings. The topological polar surface area (TPSA) is 49.3 Å². The molecule has 1 heterocycles. The van der Waals surface area contributed by atoms with Crippen molar-refractivity contribution in [1.29, 1.82) is 0 Å². The first kappa shape index (κ1) is 16.5. The minimum Gasteiger partial charge on any atom is -0.350 e. The second-order valence-electron chi connectivity index (χ2n) is 5.72. The molecule has 124 valence electrons. The van der Waals surface area contributed by atoms with Crippen molar-refractivity contribution in [1.82, 2.24) is 15.6 Å². The molecule has 1 atom stereocenters. The normalized spacial score (nSPS) is 13.0. The molecule has 1 aromatic heterocycles. The molecule has 24 heavy (non-hydrogen) atoms. The number of aromatic nitrogens is 1. The molecular weight excluding hydrogens is 316 g/mol. The van der Waals surface area contributed by atoms with Crippen molar-refractivity contribution < 1.29 is 0 Å². The Hall–Kier alpha value is -2.40. The number of nitrogens with zero attached hydrogens (tertiary/aromatic N) is 2. The molecule has 0 aliphatic heterocycles. The van der Waals surface area contributed by atoms with Gasteiger partial charge in [0, 0.05) is 18.1 Å². The quantitative estimate of drug-likeness (QED) is 0.558.